The van der Waals surface area contributed by atoms with Crippen molar-refractivity contribution in [2.45, 2.75) is 77.3 Å². The second kappa shape index (κ2) is 13.4. The number of nitriles is 1. The Labute approximate surface area is 246 Å². The first-order valence-electron chi connectivity index (χ1n) is 15.1. The third-order valence-electron chi connectivity index (χ3n) is 8.30. The van der Waals surface area contributed by atoms with Gasteiger partial charge in [-0.15, -0.1) is 0 Å². The number of halogens is 1. The molecule has 9 nitrogen and oxygen atoms in total. The molecule has 2 amide bonds. The van der Waals surface area contributed by atoms with E-state index in [1.807, 2.05) is 26.0 Å². The number of carbonyl (C=O) groups excluding carboxylic acids is 2. The zero-order valence-corrected chi connectivity index (χ0v) is 24.4. The number of hydrogen-bond donors (Lipinski definition) is 1. The third-order valence-corrected chi connectivity index (χ3v) is 8.30. The molecule has 1 aliphatic carbocycles. The molecule has 0 spiro atoms. The van der Waals surface area contributed by atoms with Crippen LogP contribution in [-0.4, -0.2) is 65.9 Å². The van der Waals surface area contributed by atoms with E-state index in [9.17, 15) is 19.2 Å². The van der Waals surface area contributed by atoms with Crippen molar-refractivity contribution in [1.82, 2.24) is 15.2 Å². The predicted octanol–water partition coefficient (Wildman–Crippen LogP) is 4.64. The van der Waals surface area contributed by atoms with Crippen LogP contribution in [0.15, 0.2) is 35.5 Å². The molecule has 5 rings (SSSR count). The maximum Gasteiger partial charge on any atom is 0.278 e. The van der Waals surface area contributed by atoms with Gasteiger partial charge in [0.15, 0.2) is 0 Å². The summed E-state index contributed by atoms with van der Waals surface area (Å²) >= 11 is 0. The summed E-state index contributed by atoms with van der Waals surface area (Å²) in [6.07, 6.45) is 8.90. The molecule has 3 heterocycles. The predicted molar refractivity (Wildman–Crippen MR) is 158 cm³/mol. The van der Waals surface area contributed by atoms with Crippen molar-refractivity contribution in [3.8, 4) is 11.9 Å². The van der Waals surface area contributed by atoms with Gasteiger partial charge in [-0.05, 0) is 83.7 Å². The zero-order valence-electron chi connectivity index (χ0n) is 24.4. The fourth-order valence-corrected chi connectivity index (χ4v) is 6.21. The minimum Gasteiger partial charge on any atom is -0.476 e. The van der Waals surface area contributed by atoms with Crippen LogP contribution in [0.1, 0.15) is 80.3 Å². The number of carbonyl (C=O) groups is 2. The minimum absolute atomic E-state index is 0.0314. The molecule has 0 radical (unpaired) electrons. The number of piperidine rings is 1. The van der Waals surface area contributed by atoms with Crippen LogP contribution in [0.2, 0.25) is 0 Å². The second-order valence-corrected chi connectivity index (χ2v) is 11.8. The molecule has 1 aromatic heterocycles. The topological polar surface area (TPSA) is 111 Å². The molecule has 3 aliphatic rings. The Morgan fingerprint density at radius 2 is 1.90 bits per heavy atom. The summed E-state index contributed by atoms with van der Waals surface area (Å²) in [6.45, 7) is 7.52. The number of rotatable bonds is 8. The summed E-state index contributed by atoms with van der Waals surface area (Å²) in [5, 5.41) is 12.3. The molecule has 1 saturated carbocycles. The van der Waals surface area contributed by atoms with Gasteiger partial charge in [0.25, 0.3) is 5.91 Å². The number of amidine groups is 1. The van der Waals surface area contributed by atoms with Crippen LogP contribution < -0.4 is 15.0 Å². The fourth-order valence-electron chi connectivity index (χ4n) is 6.21. The molecule has 0 atom stereocenters. The van der Waals surface area contributed by atoms with E-state index >= 15 is 0 Å². The minimum atomic E-state index is -0.655. The number of aromatic nitrogens is 1. The molecule has 2 fully saturated rings. The van der Waals surface area contributed by atoms with Crippen molar-refractivity contribution in [2.24, 2.45) is 10.9 Å². The van der Waals surface area contributed by atoms with Gasteiger partial charge in [0.2, 0.25) is 11.8 Å². The van der Waals surface area contributed by atoms with Crippen molar-refractivity contribution in [3.63, 3.8) is 0 Å². The number of pyridine rings is 1. The van der Waals surface area contributed by atoms with Crippen LogP contribution in [0.5, 0.6) is 5.88 Å². The SMILES string of the molecule is CC(C)NC(=O)C1CCC(N2C(=NC(=O)c3cc(F)cc(C#N)c3)Cc3cnc(OCCN4CCCCC4)cc32)CC1. The Morgan fingerprint density at radius 1 is 1.14 bits per heavy atom. The van der Waals surface area contributed by atoms with Gasteiger partial charge in [-0.1, -0.05) is 6.42 Å². The maximum absolute atomic E-state index is 14.1. The Morgan fingerprint density at radius 3 is 2.62 bits per heavy atom. The zero-order chi connectivity index (χ0) is 29.6. The molecule has 2 aromatic rings. The van der Waals surface area contributed by atoms with Gasteiger partial charge in [0.1, 0.15) is 18.3 Å². The lowest BCUT2D eigenvalue weighted by Crippen LogP contribution is -2.44. The van der Waals surface area contributed by atoms with Crippen LogP contribution in [-0.2, 0) is 11.2 Å². The summed E-state index contributed by atoms with van der Waals surface area (Å²) in [6, 6.07) is 7.49. The average Bonchev–Trinajstić information content (AvgIpc) is 3.34. The van der Waals surface area contributed by atoms with Crippen LogP contribution in [0.4, 0.5) is 10.1 Å². The summed E-state index contributed by atoms with van der Waals surface area (Å²) in [7, 11) is 0. The Bertz CT molecular complexity index is 1370. The van der Waals surface area contributed by atoms with E-state index in [0.717, 1.165) is 68.7 Å². The van der Waals surface area contributed by atoms with Gasteiger partial charge in [-0.25, -0.2) is 9.37 Å². The lowest BCUT2D eigenvalue weighted by atomic mass is 9.84. The number of anilines is 1. The lowest BCUT2D eigenvalue weighted by Gasteiger charge is -2.36. The van der Waals surface area contributed by atoms with Gasteiger partial charge in [0.05, 0.1) is 17.3 Å². The highest BCUT2D eigenvalue weighted by Gasteiger charge is 2.37. The highest BCUT2D eigenvalue weighted by atomic mass is 19.1. The highest BCUT2D eigenvalue weighted by molar-refractivity contribution is 6.12. The number of nitrogens with zero attached hydrogens (tertiary/aromatic N) is 5. The van der Waals surface area contributed by atoms with Crippen molar-refractivity contribution in [2.75, 3.05) is 31.1 Å². The van der Waals surface area contributed by atoms with E-state index in [2.05, 4.69) is 25.1 Å². The number of nitrogens with one attached hydrogen (secondary N) is 1. The molecule has 2 aliphatic heterocycles. The summed E-state index contributed by atoms with van der Waals surface area (Å²) < 4.78 is 20.2. The van der Waals surface area contributed by atoms with Crippen molar-refractivity contribution >= 4 is 23.3 Å². The van der Waals surface area contributed by atoms with Gasteiger partial charge in [0, 0.05) is 54.4 Å². The maximum atomic E-state index is 14.1. The van der Waals surface area contributed by atoms with Crippen LogP contribution in [0, 0.1) is 23.1 Å². The average molecular weight is 575 g/mol. The van der Waals surface area contributed by atoms with E-state index in [-0.39, 0.29) is 35.0 Å². The molecular weight excluding hydrogens is 535 g/mol. The normalized spacial score (nSPS) is 21.7. The molecule has 1 saturated heterocycles. The Hall–Kier alpha value is -3.84. The van der Waals surface area contributed by atoms with Crippen LogP contribution in [0.3, 0.4) is 0 Å². The molecule has 222 valence electrons. The number of benzene rings is 1. The van der Waals surface area contributed by atoms with E-state index in [1.54, 1.807) is 6.20 Å². The number of fused-ring (bicyclic) bond motifs is 1. The number of ether oxygens (including phenoxy) is 1. The first-order chi connectivity index (χ1) is 20.3. The second-order valence-electron chi connectivity index (χ2n) is 11.8. The molecule has 10 heteroatoms. The molecule has 0 unspecified atom stereocenters. The largest absolute Gasteiger partial charge is 0.476 e. The monoisotopic (exact) mass is 574 g/mol. The van der Waals surface area contributed by atoms with Crippen molar-refractivity contribution < 1.29 is 18.7 Å². The van der Waals surface area contributed by atoms with Crippen molar-refractivity contribution in [1.29, 1.82) is 5.26 Å². The third kappa shape index (κ3) is 7.13. The van der Waals surface area contributed by atoms with E-state index in [1.165, 1.54) is 25.3 Å². The fraction of sp³-hybridized carbons (Fsp3) is 0.531. The standard InChI is InChI=1S/C32H39FN6O3/c1-21(2)36-31(40)23-6-8-27(9-7-23)39-28-18-30(42-13-12-38-10-4-3-5-11-38)35-20-25(28)17-29(39)37-32(41)24-14-22(19-34)15-26(33)16-24/h14-16,18,20-21,23,27H,3-13,17H2,1-2H3,(H,36,40). The molecule has 42 heavy (non-hydrogen) atoms. The lowest BCUT2D eigenvalue weighted by molar-refractivity contribution is -0.126. The summed E-state index contributed by atoms with van der Waals surface area (Å²) in [5.41, 5.74) is 1.93. The highest BCUT2D eigenvalue weighted by Crippen LogP contribution is 2.38. The smallest absolute Gasteiger partial charge is 0.278 e. The Kier molecular flexibility index (Phi) is 9.48. The number of aliphatic imine (C=N–C) groups is 1. The number of hydrogen-bond acceptors (Lipinski definition) is 6. The molecule has 1 N–H and O–H groups in total. The summed E-state index contributed by atoms with van der Waals surface area (Å²) in [5.74, 6) is -0.136. The first-order valence-corrected chi connectivity index (χ1v) is 15.1. The first kappa shape index (κ1) is 29.6. The van der Waals surface area contributed by atoms with E-state index in [4.69, 9.17) is 4.74 Å². The van der Waals surface area contributed by atoms with Gasteiger partial charge >= 0.3 is 0 Å². The van der Waals surface area contributed by atoms with E-state index < -0.39 is 11.7 Å². The number of amides is 2. The van der Waals surface area contributed by atoms with Crippen LogP contribution in [0.25, 0.3) is 0 Å². The van der Waals surface area contributed by atoms with Gasteiger partial charge in [-0.2, -0.15) is 10.3 Å². The number of likely N-dealkylation sites (tertiary alicyclic amines) is 1. The quantitative estimate of drug-likeness (QED) is 0.489. The molecule has 0 bridgehead atoms. The van der Waals surface area contributed by atoms with Gasteiger partial charge < -0.3 is 15.0 Å². The summed E-state index contributed by atoms with van der Waals surface area (Å²) in [4.78, 5) is 39.4. The Balaban J connectivity index is 1.37. The van der Waals surface area contributed by atoms with E-state index in [0.29, 0.717) is 24.7 Å². The molecular formula is C32H39FN6O3. The van der Waals surface area contributed by atoms with Gasteiger partial charge in [-0.3, -0.25) is 14.5 Å². The van der Waals surface area contributed by atoms with Crippen LogP contribution >= 0.6 is 0 Å². The van der Waals surface area contributed by atoms with Crippen molar-refractivity contribution in [3.05, 3.63) is 53.0 Å². The molecule has 1 aromatic carbocycles.